The molecular weight excluding hydrogens is 316 g/mol. The molecule has 1 fully saturated rings. The molecule has 0 heterocycles. The molecule has 0 spiro atoms. The first kappa shape index (κ1) is 17.0. The Labute approximate surface area is 149 Å². The van der Waals surface area contributed by atoms with E-state index in [2.05, 4.69) is 38.1 Å². The molecule has 0 aliphatic heterocycles. The molecule has 2 aromatic rings. The normalized spacial score (nSPS) is 13.6. The van der Waals surface area contributed by atoms with E-state index in [1.54, 1.807) is 0 Å². The van der Waals surface area contributed by atoms with E-state index in [1.165, 1.54) is 24.0 Å². The first-order valence-electron chi connectivity index (χ1n) is 8.61. The van der Waals surface area contributed by atoms with Gasteiger partial charge in [0.15, 0.2) is 5.05 Å². The third-order valence-electron chi connectivity index (χ3n) is 4.40. The van der Waals surface area contributed by atoms with Crippen molar-refractivity contribution in [2.75, 3.05) is 0 Å². The summed E-state index contributed by atoms with van der Waals surface area (Å²) in [5.74, 6) is 2.41. The predicted molar refractivity (Wildman–Crippen MR) is 102 cm³/mol. The van der Waals surface area contributed by atoms with Crippen LogP contribution in [0.3, 0.4) is 0 Å². The number of thiocarbonyl (C=S) groups is 1. The van der Waals surface area contributed by atoms with E-state index >= 15 is 0 Å². The van der Waals surface area contributed by atoms with Crippen molar-refractivity contribution in [2.45, 2.75) is 52.6 Å². The highest BCUT2D eigenvalue weighted by atomic mass is 32.1. The number of hydrogen-bond acceptors (Lipinski definition) is 3. The lowest BCUT2D eigenvalue weighted by atomic mass is 10.0. The molecule has 0 aromatic heterocycles. The van der Waals surface area contributed by atoms with Crippen LogP contribution in [0.5, 0.6) is 11.5 Å². The molecule has 0 unspecified atom stereocenters. The Morgan fingerprint density at radius 2 is 1.92 bits per heavy atom. The molecule has 0 atom stereocenters. The van der Waals surface area contributed by atoms with E-state index in [0.29, 0.717) is 17.6 Å². The highest BCUT2D eigenvalue weighted by molar-refractivity contribution is 7.80. The lowest BCUT2D eigenvalue weighted by Gasteiger charge is -2.17. The Bertz CT molecular complexity index is 747. The topological polar surface area (TPSA) is 18.5 Å². The van der Waals surface area contributed by atoms with Gasteiger partial charge in [-0.1, -0.05) is 36.8 Å². The molecule has 126 valence electrons. The highest BCUT2D eigenvalue weighted by Gasteiger charge is 2.28. The summed E-state index contributed by atoms with van der Waals surface area (Å²) in [7, 11) is 0. The van der Waals surface area contributed by atoms with Gasteiger partial charge in [-0.25, -0.2) is 0 Å². The van der Waals surface area contributed by atoms with Crippen molar-refractivity contribution < 1.29 is 9.47 Å². The van der Waals surface area contributed by atoms with E-state index in [1.807, 2.05) is 19.1 Å². The second-order valence-corrected chi connectivity index (χ2v) is 6.94. The van der Waals surface area contributed by atoms with E-state index in [0.717, 1.165) is 29.0 Å². The molecule has 2 nitrogen and oxygen atoms in total. The standard InChI is InChI=1S/C21H24O2S/c1-4-21(24)23-20-7-5-6-17(16-9-10-16)18(20)13-22-19-11-8-14(2)12-15(19)3/h5-8,11-12,16H,4,9-10,13H2,1-3H3. The van der Waals surface area contributed by atoms with Gasteiger partial charge in [-0.15, -0.1) is 0 Å². The quantitative estimate of drug-likeness (QED) is 0.612. The van der Waals surface area contributed by atoms with Crippen molar-refractivity contribution in [2.24, 2.45) is 0 Å². The fourth-order valence-corrected chi connectivity index (χ4v) is 3.01. The molecule has 0 N–H and O–H groups in total. The van der Waals surface area contributed by atoms with Crippen molar-refractivity contribution >= 4 is 17.3 Å². The van der Waals surface area contributed by atoms with E-state index in [-0.39, 0.29) is 0 Å². The van der Waals surface area contributed by atoms with Crippen LogP contribution < -0.4 is 9.47 Å². The summed E-state index contributed by atoms with van der Waals surface area (Å²) in [4.78, 5) is 0. The van der Waals surface area contributed by atoms with Crippen LogP contribution in [0.4, 0.5) is 0 Å². The maximum Gasteiger partial charge on any atom is 0.167 e. The van der Waals surface area contributed by atoms with Crippen LogP contribution in [0.15, 0.2) is 36.4 Å². The van der Waals surface area contributed by atoms with Gasteiger partial charge in [0.1, 0.15) is 18.1 Å². The Morgan fingerprint density at radius 3 is 2.58 bits per heavy atom. The van der Waals surface area contributed by atoms with E-state index in [4.69, 9.17) is 21.7 Å². The minimum absolute atomic E-state index is 0.512. The number of benzene rings is 2. The Hall–Kier alpha value is -1.87. The van der Waals surface area contributed by atoms with E-state index < -0.39 is 0 Å². The van der Waals surface area contributed by atoms with Gasteiger partial charge in [0.2, 0.25) is 0 Å². The fourth-order valence-electron chi connectivity index (χ4n) is 2.92. The number of rotatable bonds is 6. The summed E-state index contributed by atoms with van der Waals surface area (Å²) in [5.41, 5.74) is 4.88. The molecule has 0 amide bonds. The zero-order chi connectivity index (χ0) is 17.1. The van der Waals surface area contributed by atoms with Crippen molar-refractivity contribution in [3.05, 3.63) is 58.7 Å². The molecule has 1 aliphatic carbocycles. The molecule has 0 bridgehead atoms. The van der Waals surface area contributed by atoms with Gasteiger partial charge in [0, 0.05) is 12.0 Å². The molecule has 3 heteroatoms. The van der Waals surface area contributed by atoms with Crippen molar-refractivity contribution in [3.8, 4) is 11.5 Å². The zero-order valence-electron chi connectivity index (χ0n) is 14.6. The van der Waals surface area contributed by atoms with E-state index in [9.17, 15) is 0 Å². The zero-order valence-corrected chi connectivity index (χ0v) is 15.4. The molecular formula is C21H24O2S. The Balaban J connectivity index is 1.85. The smallest absolute Gasteiger partial charge is 0.167 e. The SMILES string of the molecule is CCC(=S)Oc1cccc(C2CC2)c1COc1ccc(C)cc1C. The molecule has 1 saturated carbocycles. The van der Waals surface area contributed by atoms with Crippen LogP contribution in [0.2, 0.25) is 0 Å². The van der Waals surface area contributed by atoms with Gasteiger partial charge in [-0.3, -0.25) is 0 Å². The van der Waals surface area contributed by atoms with Crippen molar-refractivity contribution in [1.82, 2.24) is 0 Å². The Morgan fingerprint density at radius 1 is 1.12 bits per heavy atom. The Kier molecular flexibility index (Phi) is 5.20. The van der Waals surface area contributed by atoms with Crippen molar-refractivity contribution in [3.63, 3.8) is 0 Å². The van der Waals surface area contributed by atoms with Crippen LogP contribution in [0.25, 0.3) is 0 Å². The highest BCUT2D eigenvalue weighted by Crippen LogP contribution is 2.44. The minimum Gasteiger partial charge on any atom is -0.488 e. The molecule has 3 rings (SSSR count). The second-order valence-electron chi connectivity index (χ2n) is 6.48. The van der Waals surface area contributed by atoms with Crippen LogP contribution in [-0.4, -0.2) is 5.05 Å². The molecule has 2 aromatic carbocycles. The maximum absolute atomic E-state index is 6.13. The lowest BCUT2D eigenvalue weighted by Crippen LogP contribution is -2.09. The first-order valence-corrected chi connectivity index (χ1v) is 9.01. The van der Waals surface area contributed by atoms with Crippen LogP contribution >= 0.6 is 12.2 Å². The van der Waals surface area contributed by atoms with Gasteiger partial charge in [-0.05, 0) is 68.1 Å². The average molecular weight is 340 g/mol. The molecule has 24 heavy (non-hydrogen) atoms. The minimum atomic E-state index is 0.512. The van der Waals surface area contributed by atoms with Crippen LogP contribution in [-0.2, 0) is 6.61 Å². The summed E-state index contributed by atoms with van der Waals surface area (Å²) < 4.78 is 12.0. The number of hydrogen-bond donors (Lipinski definition) is 0. The van der Waals surface area contributed by atoms with Gasteiger partial charge in [0.05, 0.1) is 0 Å². The monoisotopic (exact) mass is 340 g/mol. The summed E-state index contributed by atoms with van der Waals surface area (Å²) in [6, 6.07) is 12.5. The first-order chi connectivity index (χ1) is 11.6. The third kappa shape index (κ3) is 3.96. The molecule has 1 aliphatic rings. The lowest BCUT2D eigenvalue weighted by molar-refractivity contribution is 0.298. The molecule has 0 radical (unpaired) electrons. The second kappa shape index (κ2) is 7.35. The van der Waals surface area contributed by atoms with Gasteiger partial charge < -0.3 is 9.47 Å². The average Bonchev–Trinajstić information content (AvgIpc) is 3.39. The summed E-state index contributed by atoms with van der Waals surface area (Å²) in [5, 5.41) is 0.621. The van der Waals surface area contributed by atoms with Gasteiger partial charge in [-0.2, -0.15) is 0 Å². The summed E-state index contributed by atoms with van der Waals surface area (Å²) >= 11 is 5.27. The van der Waals surface area contributed by atoms with Gasteiger partial charge >= 0.3 is 0 Å². The summed E-state index contributed by atoms with van der Waals surface area (Å²) in [6.07, 6.45) is 3.23. The largest absolute Gasteiger partial charge is 0.488 e. The maximum atomic E-state index is 6.13. The fraction of sp³-hybridized carbons (Fsp3) is 0.381. The number of ether oxygens (including phenoxy) is 2. The van der Waals surface area contributed by atoms with Gasteiger partial charge in [0.25, 0.3) is 0 Å². The van der Waals surface area contributed by atoms with Crippen LogP contribution in [0.1, 0.15) is 54.4 Å². The predicted octanol–water partition coefficient (Wildman–Crippen LogP) is 5.88. The van der Waals surface area contributed by atoms with Crippen LogP contribution in [0, 0.1) is 13.8 Å². The number of aryl methyl sites for hydroxylation is 2. The van der Waals surface area contributed by atoms with Crippen molar-refractivity contribution in [1.29, 1.82) is 0 Å². The third-order valence-corrected chi connectivity index (χ3v) is 4.77. The summed E-state index contributed by atoms with van der Waals surface area (Å²) in [6.45, 7) is 6.70. The molecule has 0 saturated heterocycles.